The van der Waals surface area contributed by atoms with Gasteiger partial charge >= 0.3 is 5.76 Å². The first-order valence-electron chi connectivity index (χ1n) is 5.76. The number of alkyl halides is 3. The molecule has 0 saturated carbocycles. The van der Waals surface area contributed by atoms with E-state index in [-0.39, 0.29) is 10.9 Å². The maximum atomic E-state index is 12.7. The van der Waals surface area contributed by atoms with Gasteiger partial charge < -0.3 is 4.90 Å². The van der Waals surface area contributed by atoms with Crippen LogP contribution in [0, 0.1) is 0 Å². The molecule has 0 heterocycles. The van der Waals surface area contributed by atoms with Gasteiger partial charge in [0.15, 0.2) is 0 Å². The van der Waals surface area contributed by atoms with E-state index in [2.05, 4.69) is 15.9 Å². The molecule has 0 saturated heterocycles. The van der Waals surface area contributed by atoms with E-state index < -0.39 is 15.6 Å². The number of hydrogen-bond donors (Lipinski definition) is 0. The summed E-state index contributed by atoms with van der Waals surface area (Å²) in [5.41, 5.74) is 0.317. The van der Waals surface area contributed by atoms with Gasteiger partial charge in [-0.15, -0.1) is 0 Å². The van der Waals surface area contributed by atoms with Crippen LogP contribution in [0.2, 0.25) is 0 Å². The summed E-state index contributed by atoms with van der Waals surface area (Å²) in [5, 5.41) is 0.619. The maximum absolute atomic E-state index is 12.7. The molecule has 0 aliphatic carbocycles. The molecule has 0 N–H and O–H groups in total. The van der Waals surface area contributed by atoms with Crippen LogP contribution in [-0.4, -0.2) is 32.1 Å². The van der Waals surface area contributed by atoms with Gasteiger partial charge in [-0.25, -0.2) is 8.42 Å². The fourth-order valence-corrected chi connectivity index (χ4v) is 3.10. The number of nitrogens with zero attached hydrogens (tertiary/aromatic N) is 1. The molecule has 0 spiro atoms. The number of benzene rings is 1. The van der Waals surface area contributed by atoms with E-state index in [1.165, 1.54) is 12.1 Å². The summed E-state index contributed by atoms with van der Waals surface area (Å²) < 4.78 is 48.8. The molecular formula is C12H16BrF2NO2S. The Hall–Kier alpha value is -0.690. The highest BCUT2D eigenvalue weighted by molar-refractivity contribution is 9.09. The Morgan fingerprint density at radius 2 is 1.84 bits per heavy atom. The summed E-state index contributed by atoms with van der Waals surface area (Å²) in [7, 11) is -4.59. The monoisotopic (exact) mass is 355 g/mol. The number of hydrogen-bond acceptors (Lipinski definition) is 3. The van der Waals surface area contributed by atoms with Crippen molar-refractivity contribution in [3.8, 4) is 0 Å². The minimum absolute atomic E-state index is 0.00609. The lowest BCUT2D eigenvalue weighted by Gasteiger charge is -2.30. The summed E-state index contributed by atoms with van der Waals surface area (Å²) in [6.45, 7) is 4.30. The van der Waals surface area contributed by atoms with Gasteiger partial charge in [-0.2, -0.15) is 8.78 Å². The summed E-state index contributed by atoms with van der Waals surface area (Å²) in [6.07, 6.45) is 0. The van der Waals surface area contributed by atoms with E-state index >= 15 is 0 Å². The van der Waals surface area contributed by atoms with Crippen molar-refractivity contribution < 1.29 is 17.2 Å². The van der Waals surface area contributed by atoms with Crippen LogP contribution in [0.15, 0.2) is 29.2 Å². The molecule has 1 aromatic carbocycles. The van der Waals surface area contributed by atoms with Gasteiger partial charge in [0.05, 0.1) is 10.6 Å². The fourth-order valence-electron chi connectivity index (χ4n) is 1.78. The van der Waals surface area contributed by atoms with Crippen molar-refractivity contribution >= 4 is 31.5 Å². The largest absolute Gasteiger partial charge is 0.367 e. The van der Waals surface area contributed by atoms with Crippen molar-refractivity contribution in [2.45, 2.75) is 30.5 Å². The highest BCUT2D eigenvalue weighted by Crippen LogP contribution is 2.30. The number of halogens is 3. The van der Waals surface area contributed by atoms with Gasteiger partial charge in [-0.1, -0.05) is 28.1 Å². The van der Waals surface area contributed by atoms with Gasteiger partial charge in [0.2, 0.25) is 9.84 Å². The van der Waals surface area contributed by atoms with Crippen LogP contribution in [0.5, 0.6) is 0 Å². The number of para-hydroxylation sites is 1. The lowest BCUT2D eigenvalue weighted by Crippen LogP contribution is -2.34. The minimum atomic E-state index is -4.59. The molecule has 0 atom stereocenters. The standard InChI is InChI=1S/C12H16BrF2NO2S/c1-9(2)16(8-7-13)10-5-3-4-6-11(10)19(17,18)12(14)15/h3-6,9,12H,7-8H2,1-2H3. The predicted molar refractivity (Wildman–Crippen MR) is 75.9 cm³/mol. The average molecular weight is 356 g/mol. The summed E-state index contributed by atoms with van der Waals surface area (Å²) in [5.74, 6) is -3.41. The molecule has 0 unspecified atom stereocenters. The zero-order chi connectivity index (χ0) is 14.6. The first-order chi connectivity index (χ1) is 8.82. The molecule has 0 radical (unpaired) electrons. The fraction of sp³-hybridized carbons (Fsp3) is 0.500. The minimum Gasteiger partial charge on any atom is -0.367 e. The van der Waals surface area contributed by atoms with Crippen LogP contribution in [0.3, 0.4) is 0 Å². The summed E-state index contributed by atoms with van der Waals surface area (Å²) in [4.78, 5) is 1.46. The molecule has 108 valence electrons. The topological polar surface area (TPSA) is 37.4 Å². The van der Waals surface area contributed by atoms with Crippen molar-refractivity contribution in [3.05, 3.63) is 24.3 Å². The maximum Gasteiger partial charge on any atom is 0.341 e. The second-order valence-corrected chi connectivity index (χ2v) is 6.93. The van der Waals surface area contributed by atoms with Gasteiger partial charge in [-0.3, -0.25) is 0 Å². The number of rotatable bonds is 6. The molecule has 19 heavy (non-hydrogen) atoms. The lowest BCUT2D eigenvalue weighted by atomic mass is 10.2. The smallest absolute Gasteiger partial charge is 0.341 e. The Bertz CT molecular complexity index is 520. The first kappa shape index (κ1) is 16.4. The molecular weight excluding hydrogens is 340 g/mol. The zero-order valence-electron chi connectivity index (χ0n) is 10.7. The molecule has 0 fully saturated rings. The molecule has 0 amide bonds. The van der Waals surface area contributed by atoms with Gasteiger partial charge in [0.1, 0.15) is 0 Å². The lowest BCUT2D eigenvalue weighted by molar-refractivity contribution is 0.235. The van der Waals surface area contributed by atoms with Crippen molar-refractivity contribution in [2.24, 2.45) is 0 Å². The van der Waals surface area contributed by atoms with Gasteiger partial charge in [0.25, 0.3) is 0 Å². The first-order valence-corrected chi connectivity index (χ1v) is 8.42. The Balaban J connectivity index is 3.37. The molecule has 1 aromatic rings. The highest BCUT2D eigenvalue weighted by atomic mass is 79.9. The third-order valence-electron chi connectivity index (χ3n) is 2.66. The highest BCUT2D eigenvalue weighted by Gasteiger charge is 2.30. The molecule has 0 aromatic heterocycles. The van der Waals surface area contributed by atoms with Crippen LogP contribution >= 0.6 is 15.9 Å². The van der Waals surface area contributed by atoms with Crippen LogP contribution in [0.4, 0.5) is 14.5 Å². The van der Waals surface area contributed by atoms with E-state index in [1.54, 1.807) is 17.0 Å². The summed E-state index contributed by atoms with van der Waals surface area (Å²) in [6, 6.07) is 5.87. The number of anilines is 1. The van der Waals surface area contributed by atoms with E-state index in [0.29, 0.717) is 17.6 Å². The molecule has 0 bridgehead atoms. The van der Waals surface area contributed by atoms with Crippen molar-refractivity contribution in [1.29, 1.82) is 0 Å². The Morgan fingerprint density at radius 3 is 2.32 bits per heavy atom. The molecule has 1 rings (SSSR count). The van der Waals surface area contributed by atoms with Gasteiger partial charge in [0, 0.05) is 17.9 Å². The molecule has 3 nitrogen and oxygen atoms in total. The van der Waals surface area contributed by atoms with Crippen LogP contribution < -0.4 is 4.90 Å². The third-order valence-corrected chi connectivity index (χ3v) is 4.45. The Morgan fingerprint density at radius 1 is 1.26 bits per heavy atom. The predicted octanol–water partition coefficient (Wildman–Crippen LogP) is 3.29. The van der Waals surface area contributed by atoms with E-state index in [4.69, 9.17) is 0 Å². The summed E-state index contributed by atoms with van der Waals surface area (Å²) >= 11 is 3.28. The normalized spacial score (nSPS) is 12.2. The van der Waals surface area contributed by atoms with Crippen molar-refractivity contribution in [3.63, 3.8) is 0 Å². The zero-order valence-corrected chi connectivity index (χ0v) is 13.1. The van der Waals surface area contributed by atoms with E-state index in [1.807, 2.05) is 13.8 Å². The Kier molecular flexibility index (Phi) is 5.73. The third kappa shape index (κ3) is 3.66. The quantitative estimate of drug-likeness (QED) is 0.734. The number of sulfone groups is 1. The van der Waals surface area contributed by atoms with Gasteiger partial charge in [-0.05, 0) is 26.0 Å². The molecule has 0 aliphatic rings. The van der Waals surface area contributed by atoms with E-state index in [9.17, 15) is 17.2 Å². The van der Waals surface area contributed by atoms with E-state index in [0.717, 1.165) is 0 Å². The molecule has 7 heteroatoms. The molecule has 0 aliphatic heterocycles. The van der Waals surface area contributed by atoms with Crippen molar-refractivity contribution in [2.75, 3.05) is 16.8 Å². The van der Waals surface area contributed by atoms with Crippen LogP contribution in [0.1, 0.15) is 13.8 Å². The SMILES string of the molecule is CC(C)N(CCBr)c1ccccc1S(=O)(=O)C(F)F. The Labute approximate surface area is 120 Å². The van der Waals surface area contributed by atoms with Crippen LogP contribution in [-0.2, 0) is 9.84 Å². The average Bonchev–Trinajstić information content (AvgIpc) is 2.35. The van der Waals surface area contributed by atoms with Crippen LogP contribution in [0.25, 0.3) is 0 Å². The second kappa shape index (κ2) is 6.65. The van der Waals surface area contributed by atoms with Crippen molar-refractivity contribution in [1.82, 2.24) is 0 Å². The second-order valence-electron chi connectivity index (χ2n) is 4.25.